The maximum atomic E-state index is 13.0. The number of carbonyl (C=O) groups excluding carboxylic acids is 1. The molecule has 0 fully saturated rings. The van der Waals surface area contributed by atoms with E-state index in [-0.39, 0.29) is 12.5 Å². The number of ether oxygens (including phenoxy) is 1. The quantitative estimate of drug-likeness (QED) is 0.225. The summed E-state index contributed by atoms with van der Waals surface area (Å²) in [5.74, 6) is 1.18. The summed E-state index contributed by atoms with van der Waals surface area (Å²) in [4.78, 5) is 13.5. The number of nitrogens with zero attached hydrogens (tertiary/aromatic N) is 1. The van der Waals surface area contributed by atoms with Crippen molar-refractivity contribution >= 4 is 48.7 Å². The van der Waals surface area contributed by atoms with E-state index in [9.17, 15) is 13.2 Å². The molecule has 0 saturated carbocycles. The van der Waals surface area contributed by atoms with Crippen LogP contribution >= 0.6 is 11.3 Å². The fourth-order valence-electron chi connectivity index (χ4n) is 3.98. The predicted octanol–water partition coefficient (Wildman–Crippen LogP) is 7.22. The molecule has 1 N–H and O–H groups in total. The van der Waals surface area contributed by atoms with E-state index in [1.165, 1.54) is 21.9 Å². The van der Waals surface area contributed by atoms with Crippen LogP contribution in [0.4, 0.5) is 11.4 Å². The van der Waals surface area contributed by atoms with Crippen LogP contribution in [0.1, 0.15) is 20.8 Å². The normalized spacial score (nSPS) is 11.3. The van der Waals surface area contributed by atoms with E-state index in [2.05, 4.69) is 5.32 Å². The Kier molecular flexibility index (Phi) is 7.18. The van der Waals surface area contributed by atoms with Crippen LogP contribution in [0.25, 0.3) is 10.1 Å². The van der Waals surface area contributed by atoms with Gasteiger partial charge < -0.3 is 10.1 Å². The van der Waals surface area contributed by atoms with Gasteiger partial charge in [-0.15, -0.1) is 11.3 Å². The van der Waals surface area contributed by atoms with Crippen molar-refractivity contribution in [3.05, 3.63) is 119 Å². The van der Waals surface area contributed by atoms with Crippen molar-refractivity contribution in [1.29, 1.82) is 0 Å². The van der Waals surface area contributed by atoms with E-state index in [0.717, 1.165) is 27.0 Å². The molecule has 1 heterocycles. The molecule has 0 aliphatic rings. The molecule has 192 valence electrons. The summed E-state index contributed by atoms with van der Waals surface area (Å²) in [6.45, 7) is 2.22. The number of rotatable bonds is 8. The summed E-state index contributed by atoms with van der Waals surface area (Å²) in [5, 5.41) is 3.73. The first kappa shape index (κ1) is 25.5. The molecule has 0 aliphatic carbocycles. The van der Waals surface area contributed by atoms with E-state index in [4.69, 9.17) is 4.74 Å². The Morgan fingerprint density at radius 2 is 1.55 bits per heavy atom. The molecule has 0 saturated heterocycles. The lowest BCUT2D eigenvalue weighted by atomic mass is 10.1. The summed E-state index contributed by atoms with van der Waals surface area (Å²) in [6.07, 6.45) is 1.20. The molecule has 4 aromatic carbocycles. The minimum absolute atomic E-state index is 0.228. The van der Waals surface area contributed by atoms with Gasteiger partial charge in [-0.3, -0.25) is 9.10 Å². The van der Waals surface area contributed by atoms with Gasteiger partial charge in [-0.05, 0) is 78.5 Å². The highest BCUT2D eigenvalue weighted by Gasteiger charge is 2.19. The molecule has 1 aromatic heterocycles. The standard InChI is InChI=1S/C30H26N2O4S2/c1-21-8-10-22(11-9-21)20-32(38(2,34)35)25-14-17-28-23(18-25)19-29(37-28)30(33)31-24-12-15-27(16-13-24)36-26-6-4-3-5-7-26/h3-19H,20H2,1-2H3,(H,31,33). The molecule has 6 nitrogen and oxygen atoms in total. The maximum absolute atomic E-state index is 13.0. The Morgan fingerprint density at radius 1 is 0.868 bits per heavy atom. The van der Waals surface area contributed by atoms with E-state index in [1.807, 2.05) is 73.7 Å². The average Bonchev–Trinajstić information content (AvgIpc) is 3.33. The summed E-state index contributed by atoms with van der Waals surface area (Å²) in [5.41, 5.74) is 3.21. The van der Waals surface area contributed by atoms with Gasteiger partial charge in [-0.25, -0.2) is 8.42 Å². The fraction of sp³-hybridized carbons (Fsp3) is 0.100. The van der Waals surface area contributed by atoms with Crippen molar-refractivity contribution in [2.75, 3.05) is 15.9 Å². The maximum Gasteiger partial charge on any atom is 0.265 e. The Labute approximate surface area is 226 Å². The lowest BCUT2D eigenvalue weighted by Crippen LogP contribution is -2.29. The van der Waals surface area contributed by atoms with Gasteiger partial charge in [0.05, 0.1) is 23.4 Å². The van der Waals surface area contributed by atoms with Gasteiger partial charge in [0.25, 0.3) is 5.91 Å². The number of aryl methyl sites for hydroxylation is 1. The SMILES string of the molecule is Cc1ccc(CN(c2ccc3sc(C(=O)Nc4ccc(Oc5ccccc5)cc4)cc3c2)S(C)(=O)=O)cc1. The second kappa shape index (κ2) is 10.7. The molecule has 5 rings (SSSR count). The third kappa shape index (κ3) is 6.04. The van der Waals surface area contributed by atoms with E-state index < -0.39 is 10.0 Å². The van der Waals surface area contributed by atoms with Crippen LogP contribution in [0.3, 0.4) is 0 Å². The Balaban J connectivity index is 1.32. The molecule has 0 radical (unpaired) electrons. The van der Waals surface area contributed by atoms with E-state index >= 15 is 0 Å². The number of thiophene rings is 1. The highest BCUT2D eigenvalue weighted by molar-refractivity contribution is 7.92. The first-order chi connectivity index (χ1) is 18.2. The molecule has 0 aliphatic heterocycles. The van der Waals surface area contributed by atoms with Crippen molar-refractivity contribution in [2.24, 2.45) is 0 Å². The summed E-state index contributed by atoms with van der Waals surface area (Å²) < 4.78 is 33.4. The Hall–Kier alpha value is -4.14. The molecule has 0 unspecified atom stereocenters. The molecule has 8 heteroatoms. The molecule has 1 amide bonds. The molecular weight excluding hydrogens is 516 g/mol. The number of amides is 1. The summed E-state index contributed by atoms with van der Waals surface area (Å²) in [6, 6.07) is 31.7. The lowest BCUT2D eigenvalue weighted by Gasteiger charge is -2.22. The molecule has 38 heavy (non-hydrogen) atoms. The zero-order chi connectivity index (χ0) is 26.7. The number of benzene rings is 4. The van der Waals surface area contributed by atoms with Gasteiger partial charge in [0.15, 0.2) is 0 Å². The Bertz CT molecular complexity index is 1680. The van der Waals surface area contributed by atoms with Crippen LogP contribution in [-0.2, 0) is 16.6 Å². The minimum atomic E-state index is -3.52. The average molecular weight is 543 g/mol. The zero-order valence-corrected chi connectivity index (χ0v) is 22.6. The highest BCUT2D eigenvalue weighted by atomic mass is 32.2. The number of carbonyl (C=O) groups is 1. The Morgan fingerprint density at radius 3 is 2.24 bits per heavy atom. The smallest absolute Gasteiger partial charge is 0.265 e. The van der Waals surface area contributed by atoms with Gasteiger partial charge in [0.2, 0.25) is 10.0 Å². The lowest BCUT2D eigenvalue weighted by molar-refractivity contribution is 0.103. The topological polar surface area (TPSA) is 75.7 Å². The van der Waals surface area contributed by atoms with Crippen LogP contribution in [0.5, 0.6) is 11.5 Å². The van der Waals surface area contributed by atoms with Gasteiger partial charge >= 0.3 is 0 Å². The van der Waals surface area contributed by atoms with Crippen LogP contribution in [0, 0.1) is 6.92 Å². The van der Waals surface area contributed by atoms with Crippen molar-refractivity contribution in [3.8, 4) is 11.5 Å². The molecule has 0 atom stereocenters. The van der Waals surface area contributed by atoms with Gasteiger partial charge in [0, 0.05) is 10.4 Å². The second-order valence-corrected chi connectivity index (χ2v) is 12.0. The first-order valence-electron chi connectivity index (χ1n) is 12.0. The van der Waals surface area contributed by atoms with Crippen LogP contribution in [0.15, 0.2) is 103 Å². The largest absolute Gasteiger partial charge is 0.457 e. The van der Waals surface area contributed by atoms with Crippen molar-refractivity contribution in [3.63, 3.8) is 0 Å². The summed E-state index contributed by atoms with van der Waals surface area (Å²) >= 11 is 1.36. The van der Waals surface area contributed by atoms with Crippen LogP contribution in [-0.4, -0.2) is 20.6 Å². The third-order valence-corrected chi connectivity index (χ3v) is 8.21. The molecule has 0 bridgehead atoms. The number of hydrogen-bond acceptors (Lipinski definition) is 5. The monoisotopic (exact) mass is 542 g/mol. The van der Waals surface area contributed by atoms with E-state index in [1.54, 1.807) is 36.4 Å². The minimum Gasteiger partial charge on any atom is -0.457 e. The van der Waals surface area contributed by atoms with Crippen LogP contribution in [0.2, 0.25) is 0 Å². The van der Waals surface area contributed by atoms with Crippen molar-refractivity contribution < 1.29 is 17.9 Å². The fourth-order valence-corrected chi connectivity index (χ4v) is 5.80. The van der Waals surface area contributed by atoms with Crippen molar-refractivity contribution in [1.82, 2.24) is 0 Å². The van der Waals surface area contributed by atoms with Crippen LogP contribution < -0.4 is 14.4 Å². The number of fused-ring (bicyclic) bond motifs is 1. The molecular formula is C30H26N2O4S2. The first-order valence-corrected chi connectivity index (χ1v) is 14.6. The highest BCUT2D eigenvalue weighted by Crippen LogP contribution is 2.32. The molecule has 0 spiro atoms. The van der Waals surface area contributed by atoms with E-state index in [0.29, 0.717) is 22.0 Å². The summed E-state index contributed by atoms with van der Waals surface area (Å²) in [7, 11) is -3.52. The predicted molar refractivity (Wildman–Crippen MR) is 155 cm³/mol. The third-order valence-electron chi connectivity index (χ3n) is 5.95. The number of sulfonamides is 1. The second-order valence-electron chi connectivity index (χ2n) is 8.98. The number of hydrogen-bond donors (Lipinski definition) is 1. The van der Waals surface area contributed by atoms with Crippen molar-refractivity contribution in [2.45, 2.75) is 13.5 Å². The number of anilines is 2. The zero-order valence-electron chi connectivity index (χ0n) is 20.9. The number of nitrogens with one attached hydrogen (secondary N) is 1. The number of para-hydroxylation sites is 1. The van der Waals surface area contributed by atoms with Gasteiger partial charge in [-0.2, -0.15) is 0 Å². The molecule has 5 aromatic rings. The van der Waals surface area contributed by atoms with Gasteiger partial charge in [-0.1, -0.05) is 48.0 Å². The van der Waals surface area contributed by atoms with Gasteiger partial charge in [0.1, 0.15) is 11.5 Å².